The average Bonchev–Trinajstić information content (AvgIpc) is 3.24. The fourth-order valence-corrected chi connectivity index (χ4v) is 3.39. The van der Waals surface area contributed by atoms with E-state index in [4.69, 9.17) is 10.5 Å². The normalized spacial score (nSPS) is 18.1. The molecular weight excluding hydrogens is 322 g/mol. The van der Waals surface area contributed by atoms with Crippen molar-refractivity contribution in [2.75, 3.05) is 30.8 Å². The molecule has 0 amide bonds. The molecule has 0 radical (unpaired) electrons. The molecule has 1 aliphatic rings. The van der Waals surface area contributed by atoms with Gasteiger partial charge in [-0.05, 0) is 18.8 Å². The number of fused-ring (bicyclic) bond motifs is 1. The highest BCUT2D eigenvalue weighted by atomic mass is 16.5. The Hall–Kier alpha value is -2.75. The maximum absolute atomic E-state index is 5.85. The van der Waals surface area contributed by atoms with Gasteiger partial charge >= 0.3 is 0 Å². The Balaban J connectivity index is 1.51. The van der Waals surface area contributed by atoms with Gasteiger partial charge in [0.1, 0.15) is 11.5 Å². The number of piperidine rings is 1. The zero-order chi connectivity index (χ0) is 17.2. The molecule has 10 heteroatoms. The Kier molecular flexibility index (Phi) is 4.18. The van der Waals surface area contributed by atoms with Crippen molar-refractivity contribution in [2.24, 2.45) is 5.92 Å². The second-order valence-corrected chi connectivity index (χ2v) is 6.36. The Morgan fingerprint density at radius 3 is 3.20 bits per heavy atom. The molecule has 132 valence electrons. The molecule has 3 N–H and O–H groups in total. The van der Waals surface area contributed by atoms with Gasteiger partial charge in [0.2, 0.25) is 5.95 Å². The largest absolute Gasteiger partial charge is 0.378 e. The molecule has 0 bridgehead atoms. The molecule has 1 unspecified atom stereocenters. The van der Waals surface area contributed by atoms with Crippen molar-refractivity contribution in [1.29, 1.82) is 0 Å². The number of H-pyrrole nitrogens is 1. The molecule has 0 aliphatic carbocycles. The summed E-state index contributed by atoms with van der Waals surface area (Å²) in [6.07, 6.45) is 5.93. The second kappa shape index (κ2) is 6.63. The first-order valence-corrected chi connectivity index (χ1v) is 8.32. The maximum atomic E-state index is 5.85. The number of methoxy groups -OCH3 is 1. The van der Waals surface area contributed by atoms with Crippen LogP contribution < -0.4 is 10.6 Å². The van der Waals surface area contributed by atoms with Crippen LogP contribution in [-0.2, 0) is 17.9 Å². The third kappa shape index (κ3) is 3.25. The third-order valence-electron chi connectivity index (χ3n) is 4.45. The van der Waals surface area contributed by atoms with Gasteiger partial charge in [-0.2, -0.15) is 15.1 Å². The van der Waals surface area contributed by atoms with Crippen LogP contribution in [0.4, 0.5) is 11.8 Å². The van der Waals surface area contributed by atoms with Crippen LogP contribution in [0.1, 0.15) is 18.5 Å². The quantitative estimate of drug-likeness (QED) is 0.690. The number of ether oxygens (including phenoxy) is 1. The Morgan fingerprint density at radius 1 is 1.40 bits per heavy atom. The summed E-state index contributed by atoms with van der Waals surface area (Å²) in [4.78, 5) is 10.9. The smallest absolute Gasteiger partial charge is 0.224 e. The Bertz CT molecular complexity index is 858. The summed E-state index contributed by atoms with van der Waals surface area (Å²) in [5.74, 6) is 1.57. The highest BCUT2D eigenvalue weighted by Crippen LogP contribution is 2.28. The molecule has 1 fully saturated rings. The molecule has 1 atom stereocenters. The fraction of sp³-hybridized carbons (Fsp3) is 0.533. The van der Waals surface area contributed by atoms with E-state index in [1.54, 1.807) is 13.3 Å². The summed E-state index contributed by atoms with van der Waals surface area (Å²) in [7, 11) is 1.65. The molecule has 4 heterocycles. The zero-order valence-corrected chi connectivity index (χ0v) is 14.1. The third-order valence-corrected chi connectivity index (χ3v) is 4.45. The number of aromatic nitrogens is 7. The van der Waals surface area contributed by atoms with Gasteiger partial charge in [-0.15, -0.1) is 5.10 Å². The number of aromatic amines is 1. The van der Waals surface area contributed by atoms with E-state index < -0.39 is 0 Å². The van der Waals surface area contributed by atoms with Crippen molar-refractivity contribution < 1.29 is 4.74 Å². The molecule has 10 nitrogen and oxygen atoms in total. The van der Waals surface area contributed by atoms with Gasteiger partial charge in [-0.25, -0.2) is 0 Å². The van der Waals surface area contributed by atoms with Crippen molar-refractivity contribution in [3.8, 4) is 0 Å². The lowest BCUT2D eigenvalue weighted by molar-refractivity contribution is 0.181. The summed E-state index contributed by atoms with van der Waals surface area (Å²) in [6, 6.07) is 0. The van der Waals surface area contributed by atoms with Gasteiger partial charge in [0.15, 0.2) is 5.65 Å². The standard InChI is InChI=1S/C15H21N9O/c1-25-9-11-8-24(22-20-11)7-10-3-2-4-23(6-10)14-12-5-17-21-13(12)18-15(16)19-14/h5,8,10H,2-4,6-7,9H2,1H3,(H3,16,17,18,19,21). The van der Waals surface area contributed by atoms with Gasteiger partial charge in [-0.3, -0.25) is 9.78 Å². The molecular formula is C15H21N9O. The van der Waals surface area contributed by atoms with Crippen molar-refractivity contribution in [3.05, 3.63) is 18.1 Å². The minimum Gasteiger partial charge on any atom is -0.378 e. The van der Waals surface area contributed by atoms with Crippen LogP contribution in [0.3, 0.4) is 0 Å². The molecule has 25 heavy (non-hydrogen) atoms. The van der Waals surface area contributed by atoms with E-state index in [0.717, 1.165) is 49.4 Å². The van der Waals surface area contributed by atoms with Gasteiger partial charge in [-0.1, -0.05) is 5.21 Å². The van der Waals surface area contributed by atoms with Crippen LogP contribution in [0.2, 0.25) is 0 Å². The highest BCUT2D eigenvalue weighted by molar-refractivity contribution is 5.87. The monoisotopic (exact) mass is 343 g/mol. The highest BCUT2D eigenvalue weighted by Gasteiger charge is 2.24. The van der Waals surface area contributed by atoms with E-state index >= 15 is 0 Å². The molecule has 1 aliphatic heterocycles. The van der Waals surface area contributed by atoms with E-state index in [2.05, 4.69) is 35.4 Å². The summed E-state index contributed by atoms with van der Waals surface area (Å²) in [5, 5.41) is 16.1. The van der Waals surface area contributed by atoms with Crippen LogP contribution in [0.25, 0.3) is 11.0 Å². The van der Waals surface area contributed by atoms with Gasteiger partial charge in [0.05, 0.1) is 24.4 Å². The molecule has 3 aromatic heterocycles. The van der Waals surface area contributed by atoms with Crippen LogP contribution in [0.5, 0.6) is 0 Å². The predicted molar refractivity (Wildman–Crippen MR) is 91.8 cm³/mol. The van der Waals surface area contributed by atoms with E-state index in [1.807, 2.05) is 10.9 Å². The zero-order valence-electron chi connectivity index (χ0n) is 14.1. The predicted octanol–water partition coefficient (Wildman–Crippen LogP) is 0.590. The number of rotatable bonds is 5. The Labute approximate surface area is 144 Å². The summed E-state index contributed by atoms with van der Waals surface area (Å²) in [6.45, 7) is 3.13. The lowest BCUT2D eigenvalue weighted by Crippen LogP contribution is -2.38. The lowest BCUT2D eigenvalue weighted by atomic mass is 9.98. The first-order chi connectivity index (χ1) is 12.2. The summed E-state index contributed by atoms with van der Waals surface area (Å²) < 4.78 is 6.98. The minimum absolute atomic E-state index is 0.259. The summed E-state index contributed by atoms with van der Waals surface area (Å²) in [5.41, 5.74) is 7.37. The Morgan fingerprint density at radius 2 is 2.32 bits per heavy atom. The molecule has 0 aromatic carbocycles. The van der Waals surface area contributed by atoms with Gasteiger partial charge in [0.25, 0.3) is 0 Å². The van der Waals surface area contributed by atoms with Gasteiger partial charge in [0, 0.05) is 26.7 Å². The second-order valence-electron chi connectivity index (χ2n) is 6.36. The number of nitrogen functional groups attached to an aromatic ring is 1. The van der Waals surface area contributed by atoms with Gasteiger partial charge < -0.3 is 15.4 Å². The number of nitrogens with zero attached hydrogens (tertiary/aromatic N) is 7. The van der Waals surface area contributed by atoms with Crippen LogP contribution >= 0.6 is 0 Å². The van der Waals surface area contributed by atoms with Crippen molar-refractivity contribution in [1.82, 2.24) is 35.2 Å². The van der Waals surface area contributed by atoms with Crippen molar-refractivity contribution in [3.63, 3.8) is 0 Å². The van der Waals surface area contributed by atoms with Crippen LogP contribution in [0.15, 0.2) is 12.4 Å². The SMILES string of the molecule is COCc1cn(CC2CCCN(c3nc(N)nc4[nH]ncc34)C2)nn1. The first-order valence-electron chi connectivity index (χ1n) is 8.32. The topological polar surface area (TPSA) is 124 Å². The molecule has 4 rings (SSSR count). The van der Waals surface area contributed by atoms with E-state index in [0.29, 0.717) is 18.2 Å². The fourth-order valence-electron chi connectivity index (χ4n) is 3.39. The molecule has 0 saturated carbocycles. The number of nitrogens with two attached hydrogens (primary N) is 1. The first kappa shape index (κ1) is 15.8. The summed E-state index contributed by atoms with van der Waals surface area (Å²) >= 11 is 0. The number of nitrogens with one attached hydrogen (secondary N) is 1. The van der Waals surface area contributed by atoms with Crippen molar-refractivity contribution in [2.45, 2.75) is 26.0 Å². The molecule has 3 aromatic rings. The maximum Gasteiger partial charge on any atom is 0.224 e. The molecule has 0 spiro atoms. The van der Waals surface area contributed by atoms with Crippen molar-refractivity contribution >= 4 is 22.8 Å². The van der Waals surface area contributed by atoms with E-state index in [-0.39, 0.29) is 5.95 Å². The number of anilines is 2. The van der Waals surface area contributed by atoms with Crippen LogP contribution in [0, 0.1) is 5.92 Å². The molecule has 1 saturated heterocycles. The van der Waals surface area contributed by atoms with E-state index in [9.17, 15) is 0 Å². The number of hydrogen-bond donors (Lipinski definition) is 2. The van der Waals surface area contributed by atoms with E-state index in [1.165, 1.54) is 0 Å². The average molecular weight is 343 g/mol. The number of hydrogen-bond acceptors (Lipinski definition) is 8. The minimum atomic E-state index is 0.259. The van der Waals surface area contributed by atoms with Crippen LogP contribution in [-0.4, -0.2) is 55.4 Å². The lowest BCUT2D eigenvalue weighted by Gasteiger charge is -2.33.